The highest BCUT2D eigenvalue weighted by Crippen LogP contribution is 2.41. The van der Waals surface area contributed by atoms with Gasteiger partial charge in [-0.05, 0) is 83.9 Å². The molecule has 0 amide bonds. The van der Waals surface area contributed by atoms with Crippen molar-refractivity contribution in [3.63, 3.8) is 0 Å². The van der Waals surface area contributed by atoms with Crippen molar-refractivity contribution in [1.29, 1.82) is 0 Å². The number of hydrogen-bond acceptors (Lipinski definition) is 2. The molecule has 0 N–H and O–H groups in total. The van der Waals surface area contributed by atoms with Crippen LogP contribution in [0.1, 0.15) is 0 Å². The molecular weight excluding hydrogens is 653 g/mol. The molecule has 252 valence electrons. The second kappa shape index (κ2) is 13.4. The van der Waals surface area contributed by atoms with Crippen LogP contribution in [0.15, 0.2) is 206 Å². The van der Waals surface area contributed by atoms with Crippen molar-refractivity contribution in [3.8, 4) is 67.3 Å². The van der Waals surface area contributed by atoms with Gasteiger partial charge < -0.3 is 0 Å². The molecular formula is C52H34N2. The molecule has 1 aromatic heterocycles. The highest BCUT2D eigenvalue weighted by Gasteiger charge is 2.17. The van der Waals surface area contributed by atoms with Crippen molar-refractivity contribution in [2.45, 2.75) is 0 Å². The van der Waals surface area contributed by atoms with E-state index in [1.54, 1.807) is 0 Å². The van der Waals surface area contributed by atoms with Gasteiger partial charge in [0.15, 0.2) is 5.82 Å². The maximum atomic E-state index is 5.32. The monoisotopic (exact) mass is 686 g/mol. The van der Waals surface area contributed by atoms with Crippen molar-refractivity contribution < 1.29 is 0 Å². The first-order valence-electron chi connectivity index (χ1n) is 18.4. The molecule has 0 saturated heterocycles. The molecule has 0 aliphatic rings. The Bertz CT molecular complexity index is 2950. The van der Waals surface area contributed by atoms with E-state index in [9.17, 15) is 0 Å². The summed E-state index contributed by atoms with van der Waals surface area (Å²) in [4.78, 5) is 10.5. The molecule has 0 atom stereocenters. The fourth-order valence-corrected chi connectivity index (χ4v) is 7.83. The van der Waals surface area contributed by atoms with Crippen LogP contribution in [0.3, 0.4) is 0 Å². The standard InChI is InChI=1S/C52H34N2/c1-4-14-35(15-5-1)41-30-31-46(47(33-41)36-16-6-2-7-17-36)49-34-48(38-19-8-3-9-20-38)53-52(54-49)40-27-25-39(26-28-40)50-45-23-13-11-21-42(45)32-43-29-24-37-18-10-12-22-44(37)51(43)50/h1-34H. The van der Waals surface area contributed by atoms with Gasteiger partial charge in [0.1, 0.15) is 0 Å². The normalized spacial score (nSPS) is 11.3. The minimum Gasteiger partial charge on any atom is -0.228 e. The van der Waals surface area contributed by atoms with E-state index in [0.717, 1.165) is 39.2 Å². The first-order valence-corrected chi connectivity index (χ1v) is 18.4. The van der Waals surface area contributed by atoms with E-state index in [2.05, 4.69) is 200 Å². The molecule has 0 spiro atoms. The Morgan fingerprint density at radius 1 is 0.278 bits per heavy atom. The Labute approximate surface area is 314 Å². The van der Waals surface area contributed by atoms with Crippen molar-refractivity contribution in [2.75, 3.05) is 0 Å². The van der Waals surface area contributed by atoms with E-state index in [0.29, 0.717) is 5.82 Å². The first kappa shape index (κ1) is 31.6. The lowest BCUT2D eigenvalue weighted by Crippen LogP contribution is -1.97. The van der Waals surface area contributed by atoms with Gasteiger partial charge >= 0.3 is 0 Å². The third-order valence-corrected chi connectivity index (χ3v) is 10.5. The lowest BCUT2D eigenvalue weighted by Gasteiger charge is -2.16. The Hall–Kier alpha value is -7.16. The number of hydrogen-bond donors (Lipinski definition) is 0. The van der Waals surface area contributed by atoms with Crippen LogP contribution in [-0.4, -0.2) is 9.97 Å². The zero-order chi connectivity index (χ0) is 35.8. The molecule has 9 aromatic carbocycles. The molecule has 0 unspecified atom stereocenters. The maximum Gasteiger partial charge on any atom is 0.160 e. The van der Waals surface area contributed by atoms with Crippen LogP contribution in [0.4, 0.5) is 0 Å². The SMILES string of the molecule is c1ccc(-c2ccc(-c3cc(-c4ccccc4)nc(-c4ccc(-c5c6ccccc6cc6ccc7ccccc7c56)cc4)n3)c(-c3ccccc3)c2)cc1. The molecule has 0 bridgehead atoms. The van der Waals surface area contributed by atoms with Gasteiger partial charge in [-0.3, -0.25) is 0 Å². The van der Waals surface area contributed by atoms with Crippen LogP contribution < -0.4 is 0 Å². The fourth-order valence-electron chi connectivity index (χ4n) is 7.83. The summed E-state index contributed by atoms with van der Waals surface area (Å²) in [7, 11) is 0. The Kier molecular flexibility index (Phi) is 7.85. The summed E-state index contributed by atoms with van der Waals surface area (Å²) in [6.45, 7) is 0. The number of fused-ring (bicyclic) bond motifs is 4. The summed E-state index contributed by atoms with van der Waals surface area (Å²) in [5.41, 5.74) is 11.9. The van der Waals surface area contributed by atoms with E-state index >= 15 is 0 Å². The Morgan fingerprint density at radius 2 is 0.833 bits per heavy atom. The third kappa shape index (κ3) is 5.71. The number of benzene rings is 9. The second-order valence-corrected chi connectivity index (χ2v) is 13.8. The smallest absolute Gasteiger partial charge is 0.160 e. The predicted molar refractivity (Wildman–Crippen MR) is 227 cm³/mol. The Morgan fingerprint density at radius 3 is 1.57 bits per heavy atom. The van der Waals surface area contributed by atoms with Crippen molar-refractivity contribution in [1.82, 2.24) is 9.97 Å². The summed E-state index contributed by atoms with van der Waals surface area (Å²) in [6, 6.07) is 73.4. The van der Waals surface area contributed by atoms with Gasteiger partial charge in [0.25, 0.3) is 0 Å². The zero-order valence-corrected chi connectivity index (χ0v) is 29.5. The van der Waals surface area contributed by atoms with Crippen molar-refractivity contribution in [3.05, 3.63) is 206 Å². The largest absolute Gasteiger partial charge is 0.228 e. The minimum atomic E-state index is 0.692. The number of aromatic nitrogens is 2. The molecule has 1 heterocycles. The zero-order valence-electron chi connectivity index (χ0n) is 29.5. The summed E-state index contributed by atoms with van der Waals surface area (Å²) in [6.07, 6.45) is 0. The molecule has 10 aromatic rings. The van der Waals surface area contributed by atoms with Gasteiger partial charge in [-0.25, -0.2) is 9.97 Å². The summed E-state index contributed by atoms with van der Waals surface area (Å²) in [5.74, 6) is 0.692. The van der Waals surface area contributed by atoms with Gasteiger partial charge in [0.05, 0.1) is 11.4 Å². The van der Waals surface area contributed by atoms with E-state index in [4.69, 9.17) is 9.97 Å². The van der Waals surface area contributed by atoms with Gasteiger partial charge in [-0.2, -0.15) is 0 Å². The molecule has 0 fully saturated rings. The van der Waals surface area contributed by atoms with E-state index in [1.807, 2.05) is 6.07 Å². The molecule has 10 rings (SSSR count). The van der Waals surface area contributed by atoms with Gasteiger partial charge in [0, 0.05) is 16.7 Å². The molecule has 0 aliphatic carbocycles. The number of rotatable bonds is 6. The van der Waals surface area contributed by atoms with Gasteiger partial charge in [0.2, 0.25) is 0 Å². The minimum absolute atomic E-state index is 0.692. The molecule has 2 nitrogen and oxygen atoms in total. The van der Waals surface area contributed by atoms with Crippen molar-refractivity contribution >= 4 is 32.3 Å². The van der Waals surface area contributed by atoms with Crippen molar-refractivity contribution in [2.24, 2.45) is 0 Å². The highest BCUT2D eigenvalue weighted by molar-refractivity contribution is 6.21. The fraction of sp³-hybridized carbons (Fsp3) is 0. The average molecular weight is 687 g/mol. The first-order chi connectivity index (χ1) is 26.8. The van der Waals surface area contributed by atoms with Crippen LogP contribution in [0.2, 0.25) is 0 Å². The van der Waals surface area contributed by atoms with E-state index in [-0.39, 0.29) is 0 Å². The quantitative estimate of drug-likeness (QED) is 0.129. The van der Waals surface area contributed by atoms with Gasteiger partial charge in [-0.15, -0.1) is 0 Å². The van der Waals surface area contributed by atoms with Crippen LogP contribution in [-0.2, 0) is 0 Å². The number of nitrogens with zero attached hydrogens (tertiary/aromatic N) is 2. The predicted octanol–water partition coefficient (Wildman–Crippen LogP) is 13.9. The van der Waals surface area contributed by atoms with Gasteiger partial charge in [-0.1, -0.05) is 188 Å². The topological polar surface area (TPSA) is 25.8 Å². The molecule has 0 aliphatic heterocycles. The summed E-state index contributed by atoms with van der Waals surface area (Å²) >= 11 is 0. The lowest BCUT2D eigenvalue weighted by molar-refractivity contribution is 1.18. The van der Waals surface area contributed by atoms with Crippen LogP contribution in [0.5, 0.6) is 0 Å². The summed E-state index contributed by atoms with van der Waals surface area (Å²) in [5, 5.41) is 7.49. The highest BCUT2D eigenvalue weighted by atomic mass is 14.9. The third-order valence-electron chi connectivity index (χ3n) is 10.5. The van der Waals surface area contributed by atoms with Crippen LogP contribution in [0, 0.1) is 0 Å². The Balaban J connectivity index is 1.15. The van der Waals surface area contributed by atoms with E-state index in [1.165, 1.54) is 54.6 Å². The van der Waals surface area contributed by atoms with E-state index < -0.39 is 0 Å². The lowest BCUT2D eigenvalue weighted by atomic mass is 9.89. The average Bonchev–Trinajstić information content (AvgIpc) is 3.26. The maximum absolute atomic E-state index is 5.32. The molecule has 0 saturated carbocycles. The second-order valence-electron chi connectivity index (χ2n) is 13.8. The summed E-state index contributed by atoms with van der Waals surface area (Å²) < 4.78 is 0. The molecule has 0 radical (unpaired) electrons. The molecule has 54 heavy (non-hydrogen) atoms. The molecule has 2 heteroatoms. The van der Waals surface area contributed by atoms with Crippen LogP contribution >= 0.6 is 0 Å². The van der Waals surface area contributed by atoms with Crippen LogP contribution in [0.25, 0.3) is 99.6 Å².